The van der Waals surface area contributed by atoms with E-state index in [1.807, 2.05) is 25.1 Å². The number of amides is 3. The third-order valence-corrected chi connectivity index (χ3v) is 7.06. The Bertz CT molecular complexity index is 1160. The number of nitrogens with zero attached hydrogens (tertiary/aromatic N) is 3. The van der Waals surface area contributed by atoms with Gasteiger partial charge >= 0.3 is 0 Å². The number of likely N-dealkylation sites (N-methyl/N-ethyl adjacent to an activating group) is 1. The summed E-state index contributed by atoms with van der Waals surface area (Å²) in [5.41, 5.74) is 1.92. The fraction of sp³-hybridized carbons (Fsp3) is 0.429. The minimum Gasteiger partial charge on any atom is -0.340 e. The van der Waals surface area contributed by atoms with E-state index in [1.165, 1.54) is 17.0 Å². The van der Waals surface area contributed by atoms with Crippen LogP contribution < -0.4 is 10.6 Å². The topological polar surface area (TPSA) is 106 Å². The van der Waals surface area contributed by atoms with Crippen molar-refractivity contribution in [2.45, 2.75) is 44.2 Å². The van der Waals surface area contributed by atoms with Crippen LogP contribution >= 0.6 is 0 Å². The highest BCUT2D eigenvalue weighted by Gasteiger charge is 2.38. The average Bonchev–Trinajstić information content (AvgIpc) is 3.69. The lowest BCUT2D eigenvalue weighted by Crippen LogP contribution is -2.57. The zero-order valence-corrected chi connectivity index (χ0v) is 21.0. The van der Waals surface area contributed by atoms with E-state index in [9.17, 15) is 18.8 Å². The molecule has 1 saturated heterocycles. The van der Waals surface area contributed by atoms with Crippen molar-refractivity contribution < 1.29 is 18.8 Å². The number of carbonyl (C=O) groups is 3. The number of halogens is 1. The lowest BCUT2D eigenvalue weighted by Gasteiger charge is -2.35. The van der Waals surface area contributed by atoms with Gasteiger partial charge in [0.05, 0.1) is 18.2 Å². The van der Waals surface area contributed by atoms with Gasteiger partial charge in [-0.25, -0.2) is 4.39 Å². The predicted octanol–water partition coefficient (Wildman–Crippen LogP) is 2.41. The van der Waals surface area contributed by atoms with Crippen molar-refractivity contribution >= 4 is 17.7 Å². The highest BCUT2D eigenvalue weighted by atomic mass is 19.1. The molecular formula is C28H32FN5O3. The van der Waals surface area contributed by atoms with Gasteiger partial charge in [0.1, 0.15) is 11.9 Å². The van der Waals surface area contributed by atoms with E-state index in [1.54, 1.807) is 29.2 Å². The van der Waals surface area contributed by atoms with Crippen LogP contribution in [0.2, 0.25) is 0 Å². The highest BCUT2D eigenvalue weighted by Crippen LogP contribution is 2.40. The Morgan fingerprint density at radius 2 is 1.86 bits per heavy atom. The Morgan fingerprint density at radius 3 is 2.51 bits per heavy atom. The fourth-order valence-corrected chi connectivity index (χ4v) is 4.74. The third-order valence-electron chi connectivity index (χ3n) is 7.06. The van der Waals surface area contributed by atoms with Crippen LogP contribution in [-0.2, 0) is 9.59 Å². The van der Waals surface area contributed by atoms with Crippen molar-refractivity contribution in [3.05, 3.63) is 71.0 Å². The summed E-state index contributed by atoms with van der Waals surface area (Å²) in [5, 5.41) is 15.3. The number of nitriles is 1. The van der Waals surface area contributed by atoms with Crippen molar-refractivity contribution in [2.75, 3.05) is 32.7 Å². The summed E-state index contributed by atoms with van der Waals surface area (Å²) in [5.74, 6) is -0.642. The molecule has 3 atom stereocenters. The number of nitrogens with one attached hydrogen (secondary N) is 2. The standard InChI is InChI=1S/C28H32FN5O3/c1-2-33-14-15-34(18-26(33)35)28(37)24(32-27(36)21-7-5-19(17-30)6-8-21)4-3-13-31-25-16-23(25)20-9-11-22(29)12-10-20/h5-12,23-25,31H,2-4,13-16,18H2,1H3,(H,32,36)/t23-,24-,25+/m0/s1. The van der Waals surface area contributed by atoms with Gasteiger partial charge in [-0.15, -0.1) is 0 Å². The molecule has 2 aliphatic rings. The second-order valence-electron chi connectivity index (χ2n) is 9.54. The molecule has 3 amide bonds. The molecule has 194 valence electrons. The lowest BCUT2D eigenvalue weighted by molar-refractivity contribution is -0.146. The first-order valence-electron chi connectivity index (χ1n) is 12.8. The van der Waals surface area contributed by atoms with Crippen LogP contribution in [0.3, 0.4) is 0 Å². The molecule has 0 aromatic heterocycles. The molecule has 1 aliphatic carbocycles. The van der Waals surface area contributed by atoms with Gasteiger partial charge in [0, 0.05) is 37.2 Å². The molecule has 8 nitrogen and oxygen atoms in total. The number of piperazine rings is 1. The zero-order chi connectivity index (χ0) is 26.4. The number of benzene rings is 2. The summed E-state index contributed by atoms with van der Waals surface area (Å²) >= 11 is 0. The van der Waals surface area contributed by atoms with E-state index < -0.39 is 11.9 Å². The molecule has 4 rings (SSSR count). The maximum atomic E-state index is 13.4. The van der Waals surface area contributed by atoms with Crippen LogP contribution in [0.15, 0.2) is 48.5 Å². The van der Waals surface area contributed by atoms with Gasteiger partial charge in [-0.3, -0.25) is 14.4 Å². The normalized spacial score (nSPS) is 19.8. The summed E-state index contributed by atoms with van der Waals surface area (Å²) in [6.45, 7) is 4.10. The summed E-state index contributed by atoms with van der Waals surface area (Å²) in [6.07, 6.45) is 2.05. The second-order valence-corrected chi connectivity index (χ2v) is 9.54. The molecule has 1 aliphatic heterocycles. The summed E-state index contributed by atoms with van der Waals surface area (Å²) in [6, 6.07) is 14.4. The third kappa shape index (κ3) is 6.71. The Kier molecular flexibility index (Phi) is 8.51. The van der Waals surface area contributed by atoms with Gasteiger partial charge in [0.25, 0.3) is 5.91 Å². The van der Waals surface area contributed by atoms with Crippen molar-refractivity contribution in [1.29, 1.82) is 5.26 Å². The first-order chi connectivity index (χ1) is 17.9. The van der Waals surface area contributed by atoms with Crippen LogP contribution in [0.5, 0.6) is 0 Å². The monoisotopic (exact) mass is 505 g/mol. The number of hydrogen-bond donors (Lipinski definition) is 2. The van der Waals surface area contributed by atoms with Crippen molar-refractivity contribution in [3.8, 4) is 6.07 Å². The van der Waals surface area contributed by atoms with Gasteiger partial charge in [-0.2, -0.15) is 5.26 Å². The largest absolute Gasteiger partial charge is 0.340 e. The van der Waals surface area contributed by atoms with Crippen LogP contribution in [0, 0.1) is 17.1 Å². The lowest BCUT2D eigenvalue weighted by atomic mass is 10.1. The van der Waals surface area contributed by atoms with E-state index in [4.69, 9.17) is 5.26 Å². The van der Waals surface area contributed by atoms with Crippen molar-refractivity contribution in [1.82, 2.24) is 20.4 Å². The zero-order valence-electron chi connectivity index (χ0n) is 21.0. The molecule has 2 aromatic rings. The Labute approximate surface area is 216 Å². The predicted molar refractivity (Wildman–Crippen MR) is 136 cm³/mol. The van der Waals surface area contributed by atoms with Gasteiger partial charge in [-0.05, 0) is 74.7 Å². The minimum atomic E-state index is -0.766. The molecule has 0 radical (unpaired) electrons. The summed E-state index contributed by atoms with van der Waals surface area (Å²) in [7, 11) is 0. The molecule has 1 saturated carbocycles. The second kappa shape index (κ2) is 12.0. The van der Waals surface area contributed by atoms with Crippen LogP contribution in [0.25, 0.3) is 0 Å². The highest BCUT2D eigenvalue weighted by molar-refractivity contribution is 5.98. The Hall–Kier alpha value is -3.77. The molecule has 0 spiro atoms. The molecule has 2 N–H and O–H groups in total. The minimum absolute atomic E-state index is 0.00951. The van der Waals surface area contributed by atoms with Crippen LogP contribution in [0.4, 0.5) is 4.39 Å². The van der Waals surface area contributed by atoms with Gasteiger partial charge in [0.15, 0.2) is 0 Å². The van der Waals surface area contributed by atoms with Crippen molar-refractivity contribution in [2.24, 2.45) is 0 Å². The van der Waals surface area contributed by atoms with E-state index in [2.05, 4.69) is 10.6 Å². The van der Waals surface area contributed by atoms with E-state index in [-0.39, 0.29) is 24.2 Å². The molecule has 2 aromatic carbocycles. The number of carbonyl (C=O) groups excluding carboxylic acids is 3. The van der Waals surface area contributed by atoms with Gasteiger partial charge in [-0.1, -0.05) is 12.1 Å². The summed E-state index contributed by atoms with van der Waals surface area (Å²) < 4.78 is 13.2. The quantitative estimate of drug-likeness (QED) is 0.483. The average molecular weight is 506 g/mol. The molecule has 0 bridgehead atoms. The SMILES string of the molecule is CCN1CCN(C(=O)[C@H](CCCN[C@@H]2C[C@H]2c2ccc(F)cc2)NC(=O)c2ccc(C#N)cc2)CC1=O. The Morgan fingerprint density at radius 1 is 1.14 bits per heavy atom. The van der Waals surface area contributed by atoms with Gasteiger partial charge < -0.3 is 20.4 Å². The summed E-state index contributed by atoms with van der Waals surface area (Å²) in [4.78, 5) is 41.9. The van der Waals surface area contributed by atoms with E-state index in [0.29, 0.717) is 62.1 Å². The van der Waals surface area contributed by atoms with Crippen LogP contribution in [0.1, 0.15) is 53.6 Å². The smallest absolute Gasteiger partial charge is 0.251 e. The Balaban J connectivity index is 1.34. The van der Waals surface area contributed by atoms with E-state index in [0.717, 1.165) is 12.0 Å². The van der Waals surface area contributed by atoms with Crippen LogP contribution in [-0.4, -0.2) is 72.3 Å². The first-order valence-corrected chi connectivity index (χ1v) is 12.8. The molecule has 0 unspecified atom stereocenters. The molecule has 1 heterocycles. The maximum Gasteiger partial charge on any atom is 0.251 e. The molecule has 37 heavy (non-hydrogen) atoms. The maximum absolute atomic E-state index is 13.4. The van der Waals surface area contributed by atoms with Crippen molar-refractivity contribution in [3.63, 3.8) is 0 Å². The first kappa shape index (κ1) is 26.3. The number of hydrogen-bond acceptors (Lipinski definition) is 5. The molecule has 2 fully saturated rings. The molecule has 9 heteroatoms. The van der Waals surface area contributed by atoms with E-state index >= 15 is 0 Å². The van der Waals surface area contributed by atoms with Gasteiger partial charge in [0.2, 0.25) is 11.8 Å². The molecular weight excluding hydrogens is 473 g/mol. The fourth-order valence-electron chi connectivity index (χ4n) is 4.74. The number of rotatable bonds is 10.